The number of imidazole rings is 1. The van der Waals surface area contributed by atoms with Gasteiger partial charge in [-0.05, 0) is 44.5 Å². The molecule has 152 valence electrons. The van der Waals surface area contributed by atoms with E-state index in [1.54, 1.807) is 19.1 Å². The Morgan fingerprint density at radius 3 is 2.62 bits per heavy atom. The van der Waals surface area contributed by atoms with Crippen molar-refractivity contribution in [2.24, 2.45) is 0 Å². The summed E-state index contributed by atoms with van der Waals surface area (Å²) in [6, 6.07) is 15.2. The van der Waals surface area contributed by atoms with E-state index in [1.807, 2.05) is 54.8 Å². The van der Waals surface area contributed by atoms with Gasteiger partial charge < -0.3 is 14.6 Å². The summed E-state index contributed by atoms with van der Waals surface area (Å²) in [5, 5.41) is 3.77. The largest absolute Gasteiger partial charge is 0.462 e. The van der Waals surface area contributed by atoms with E-state index in [9.17, 15) is 9.59 Å². The van der Waals surface area contributed by atoms with Gasteiger partial charge in [0.05, 0.1) is 35.0 Å². The minimum Gasteiger partial charge on any atom is -0.462 e. The fourth-order valence-electron chi connectivity index (χ4n) is 3.10. The van der Waals surface area contributed by atoms with Gasteiger partial charge in [-0.1, -0.05) is 42.1 Å². The van der Waals surface area contributed by atoms with E-state index in [0.717, 1.165) is 28.3 Å². The predicted octanol–water partition coefficient (Wildman–Crippen LogP) is 4.20. The molecule has 1 heterocycles. The van der Waals surface area contributed by atoms with Crippen LogP contribution in [-0.2, 0) is 16.1 Å². The maximum absolute atomic E-state index is 12.4. The molecule has 2 aromatic carbocycles. The Balaban J connectivity index is 1.70. The molecule has 0 saturated carbocycles. The second-order valence-electron chi connectivity index (χ2n) is 6.55. The molecule has 6 nitrogen and oxygen atoms in total. The number of nitrogens with zero attached hydrogens (tertiary/aromatic N) is 2. The molecule has 0 radical (unpaired) electrons. The first kappa shape index (κ1) is 20.9. The van der Waals surface area contributed by atoms with Crippen molar-refractivity contribution in [1.29, 1.82) is 0 Å². The molecule has 0 saturated heterocycles. The fourth-order valence-corrected chi connectivity index (χ4v) is 3.99. The van der Waals surface area contributed by atoms with E-state index in [1.165, 1.54) is 11.8 Å². The van der Waals surface area contributed by atoms with Gasteiger partial charge in [0.15, 0.2) is 5.16 Å². The van der Waals surface area contributed by atoms with E-state index in [-0.39, 0.29) is 23.7 Å². The number of carbonyl (C=O) groups is 2. The van der Waals surface area contributed by atoms with Crippen molar-refractivity contribution in [3.05, 3.63) is 59.7 Å². The molecular formula is C22H25N3O3S. The summed E-state index contributed by atoms with van der Waals surface area (Å²) in [4.78, 5) is 29.0. The zero-order valence-electron chi connectivity index (χ0n) is 16.8. The second-order valence-corrected chi connectivity index (χ2v) is 7.49. The van der Waals surface area contributed by atoms with Crippen molar-refractivity contribution < 1.29 is 14.3 Å². The van der Waals surface area contributed by atoms with Gasteiger partial charge in [-0.3, -0.25) is 4.79 Å². The van der Waals surface area contributed by atoms with Crippen LogP contribution in [0.1, 0.15) is 42.7 Å². The minimum absolute atomic E-state index is 0.0479. The summed E-state index contributed by atoms with van der Waals surface area (Å²) in [7, 11) is 0. The number of esters is 1. The highest BCUT2D eigenvalue weighted by atomic mass is 32.2. The molecule has 0 fully saturated rings. The van der Waals surface area contributed by atoms with Crippen molar-refractivity contribution in [2.75, 3.05) is 12.4 Å². The zero-order valence-corrected chi connectivity index (χ0v) is 17.7. The number of aryl methyl sites for hydroxylation is 1. The third-order valence-corrected chi connectivity index (χ3v) is 5.53. The molecule has 1 N–H and O–H groups in total. The lowest BCUT2D eigenvalue weighted by atomic mass is 10.1. The Kier molecular flexibility index (Phi) is 6.93. The van der Waals surface area contributed by atoms with Gasteiger partial charge in [0.25, 0.3) is 0 Å². The molecule has 0 aliphatic carbocycles. The molecule has 3 rings (SSSR count). The van der Waals surface area contributed by atoms with Crippen LogP contribution >= 0.6 is 11.8 Å². The molecule has 29 heavy (non-hydrogen) atoms. The number of rotatable bonds is 8. The molecule has 3 aromatic rings. The van der Waals surface area contributed by atoms with Crippen LogP contribution in [0.15, 0.2) is 53.7 Å². The number of amides is 1. The normalized spacial score (nSPS) is 12.0. The van der Waals surface area contributed by atoms with Crippen LogP contribution in [0.4, 0.5) is 0 Å². The highest BCUT2D eigenvalue weighted by Gasteiger charge is 2.16. The molecule has 7 heteroatoms. The van der Waals surface area contributed by atoms with Gasteiger partial charge in [0.1, 0.15) is 0 Å². The second kappa shape index (κ2) is 9.60. The Labute approximate surface area is 174 Å². The van der Waals surface area contributed by atoms with Crippen LogP contribution in [0.25, 0.3) is 11.0 Å². The Morgan fingerprint density at radius 2 is 1.93 bits per heavy atom. The van der Waals surface area contributed by atoms with Crippen molar-refractivity contribution in [2.45, 2.75) is 38.5 Å². The first-order valence-electron chi connectivity index (χ1n) is 9.68. The van der Waals surface area contributed by atoms with Crippen molar-refractivity contribution in [1.82, 2.24) is 14.9 Å². The molecule has 0 aliphatic rings. The van der Waals surface area contributed by atoms with Gasteiger partial charge >= 0.3 is 5.97 Å². The number of carbonyl (C=O) groups excluding carboxylic acids is 2. The lowest BCUT2D eigenvalue weighted by Gasteiger charge is -2.14. The topological polar surface area (TPSA) is 73.2 Å². The lowest BCUT2D eigenvalue weighted by molar-refractivity contribution is -0.119. The number of thioether (sulfide) groups is 1. The van der Waals surface area contributed by atoms with Crippen molar-refractivity contribution in [3.8, 4) is 0 Å². The highest BCUT2D eigenvalue weighted by molar-refractivity contribution is 7.99. The van der Waals surface area contributed by atoms with Gasteiger partial charge in [-0.25, -0.2) is 9.78 Å². The minimum atomic E-state index is -0.357. The Hall–Kier alpha value is -2.80. The first-order chi connectivity index (χ1) is 14.0. The average Bonchev–Trinajstić information content (AvgIpc) is 3.09. The van der Waals surface area contributed by atoms with Crippen molar-refractivity contribution in [3.63, 3.8) is 0 Å². The number of benzene rings is 2. The van der Waals surface area contributed by atoms with Crippen LogP contribution in [0.5, 0.6) is 0 Å². The van der Waals surface area contributed by atoms with Gasteiger partial charge in [-0.15, -0.1) is 0 Å². The fraction of sp³-hybridized carbons (Fsp3) is 0.318. The SMILES string of the molecule is CCOC(=O)c1ccc2c(c1)nc(SCC(=O)N[C@H](C)c1ccccc1)n2CC. The number of hydrogen-bond acceptors (Lipinski definition) is 5. The number of ether oxygens (including phenoxy) is 1. The van der Waals surface area contributed by atoms with E-state index in [4.69, 9.17) is 4.74 Å². The summed E-state index contributed by atoms with van der Waals surface area (Å²) in [5.74, 6) is -0.136. The summed E-state index contributed by atoms with van der Waals surface area (Å²) in [5.41, 5.74) is 3.20. The third kappa shape index (κ3) is 4.98. The third-order valence-electron chi connectivity index (χ3n) is 4.55. The maximum Gasteiger partial charge on any atom is 0.338 e. The molecule has 0 unspecified atom stereocenters. The van der Waals surface area contributed by atoms with E-state index in [0.29, 0.717) is 12.2 Å². The molecule has 1 aromatic heterocycles. The highest BCUT2D eigenvalue weighted by Crippen LogP contribution is 2.25. The van der Waals surface area contributed by atoms with Gasteiger partial charge in [-0.2, -0.15) is 0 Å². The molecule has 1 atom stereocenters. The van der Waals surface area contributed by atoms with Crippen LogP contribution in [0.3, 0.4) is 0 Å². The lowest BCUT2D eigenvalue weighted by Crippen LogP contribution is -2.28. The summed E-state index contributed by atoms with van der Waals surface area (Å²) in [6.07, 6.45) is 0. The van der Waals surface area contributed by atoms with E-state index in [2.05, 4.69) is 10.3 Å². The molecule has 0 aliphatic heterocycles. The smallest absolute Gasteiger partial charge is 0.338 e. The van der Waals surface area contributed by atoms with E-state index >= 15 is 0 Å². The van der Waals surface area contributed by atoms with Crippen LogP contribution in [-0.4, -0.2) is 33.8 Å². The predicted molar refractivity (Wildman–Crippen MR) is 115 cm³/mol. The Bertz CT molecular complexity index is 1000. The van der Waals surface area contributed by atoms with Crippen molar-refractivity contribution >= 4 is 34.7 Å². The zero-order chi connectivity index (χ0) is 20.8. The standard InChI is InChI=1S/C22H25N3O3S/c1-4-25-19-12-11-17(21(27)28-5-2)13-18(19)24-22(25)29-14-20(26)23-15(3)16-9-7-6-8-10-16/h6-13,15H,4-5,14H2,1-3H3,(H,23,26)/t15-/m1/s1. The van der Waals surface area contributed by atoms with E-state index < -0.39 is 0 Å². The molecular weight excluding hydrogens is 386 g/mol. The number of fused-ring (bicyclic) bond motifs is 1. The van der Waals surface area contributed by atoms with Gasteiger partial charge in [0.2, 0.25) is 5.91 Å². The monoisotopic (exact) mass is 411 g/mol. The Morgan fingerprint density at radius 1 is 1.17 bits per heavy atom. The van der Waals surface area contributed by atoms with Crippen LogP contribution < -0.4 is 5.32 Å². The molecule has 0 spiro atoms. The molecule has 0 bridgehead atoms. The number of aromatic nitrogens is 2. The quantitative estimate of drug-likeness (QED) is 0.444. The summed E-state index contributed by atoms with van der Waals surface area (Å²) < 4.78 is 7.11. The average molecular weight is 412 g/mol. The molecule has 1 amide bonds. The number of hydrogen-bond donors (Lipinski definition) is 1. The van der Waals surface area contributed by atoms with Gasteiger partial charge in [0, 0.05) is 6.54 Å². The van der Waals surface area contributed by atoms with Crippen LogP contribution in [0.2, 0.25) is 0 Å². The van der Waals surface area contributed by atoms with Crippen LogP contribution in [0, 0.1) is 0 Å². The first-order valence-corrected chi connectivity index (χ1v) is 10.7. The maximum atomic E-state index is 12.4. The summed E-state index contributed by atoms with van der Waals surface area (Å²) in [6.45, 7) is 6.83. The number of nitrogens with one attached hydrogen (secondary N) is 1. The summed E-state index contributed by atoms with van der Waals surface area (Å²) >= 11 is 1.39.